The number of carbonyl (C=O) groups excluding carboxylic acids is 1. The Bertz CT molecular complexity index is 1070. The minimum absolute atomic E-state index is 0.0417. The number of fused-ring (bicyclic) bond motifs is 1. The van der Waals surface area contributed by atoms with Gasteiger partial charge >= 0.3 is 0 Å². The summed E-state index contributed by atoms with van der Waals surface area (Å²) < 4.78 is 11.8. The highest BCUT2D eigenvalue weighted by Crippen LogP contribution is 2.31. The van der Waals surface area contributed by atoms with Crippen LogP contribution >= 0.6 is 11.8 Å². The van der Waals surface area contributed by atoms with E-state index in [0.717, 1.165) is 27.9 Å². The Morgan fingerprint density at radius 3 is 2.52 bits per heavy atom. The summed E-state index contributed by atoms with van der Waals surface area (Å²) >= 11 is 1.54. The highest BCUT2D eigenvalue weighted by molar-refractivity contribution is 7.98. The van der Waals surface area contributed by atoms with E-state index in [1.54, 1.807) is 11.9 Å². The second-order valence-electron chi connectivity index (χ2n) is 7.56. The van der Waals surface area contributed by atoms with Crippen molar-refractivity contribution in [3.05, 3.63) is 77.1 Å². The lowest BCUT2D eigenvalue weighted by Crippen LogP contribution is -2.42. The van der Waals surface area contributed by atoms with Crippen LogP contribution in [0, 0.1) is 13.8 Å². The minimum Gasteiger partial charge on any atom is -0.486 e. The molecule has 1 unspecified atom stereocenters. The second kappa shape index (κ2) is 9.39. The summed E-state index contributed by atoms with van der Waals surface area (Å²) in [7, 11) is 1.79. The molecule has 31 heavy (non-hydrogen) atoms. The molecule has 2 aromatic carbocycles. The Morgan fingerprint density at radius 1 is 1.06 bits per heavy atom. The summed E-state index contributed by atoms with van der Waals surface area (Å²) in [5.41, 5.74) is 3.52. The topological polar surface area (TPSA) is 64.6 Å². The van der Waals surface area contributed by atoms with Gasteiger partial charge < -0.3 is 14.4 Å². The van der Waals surface area contributed by atoms with Gasteiger partial charge in [-0.3, -0.25) is 4.79 Å². The van der Waals surface area contributed by atoms with Gasteiger partial charge in [0.25, 0.3) is 5.91 Å². The van der Waals surface area contributed by atoms with Crippen LogP contribution in [0.4, 0.5) is 0 Å². The van der Waals surface area contributed by atoms with Crippen LogP contribution in [0.5, 0.6) is 11.5 Å². The summed E-state index contributed by atoms with van der Waals surface area (Å²) in [4.78, 5) is 23.8. The van der Waals surface area contributed by atoms with Crippen molar-refractivity contribution in [2.24, 2.45) is 0 Å². The van der Waals surface area contributed by atoms with Crippen LogP contribution in [0.15, 0.2) is 59.8 Å². The van der Waals surface area contributed by atoms with Crippen molar-refractivity contribution in [3.8, 4) is 11.5 Å². The van der Waals surface area contributed by atoms with E-state index in [0.29, 0.717) is 30.2 Å². The van der Waals surface area contributed by atoms with Gasteiger partial charge in [-0.05, 0) is 43.7 Å². The lowest BCUT2D eigenvalue weighted by molar-refractivity contribution is 0.0520. The van der Waals surface area contributed by atoms with Crippen LogP contribution < -0.4 is 9.47 Å². The molecule has 0 saturated carbocycles. The molecule has 4 rings (SSSR count). The number of ether oxygens (including phenoxy) is 2. The Hall–Kier alpha value is -3.06. The first kappa shape index (κ1) is 21.2. The maximum atomic E-state index is 13.2. The molecule has 7 heteroatoms. The van der Waals surface area contributed by atoms with E-state index < -0.39 is 0 Å². The van der Waals surface area contributed by atoms with Crippen molar-refractivity contribution in [1.82, 2.24) is 14.9 Å². The first-order chi connectivity index (χ1) is 15.0. The number of nitrogens with zero attached hydrogens (tertiary/aromatic N) is 3. The number of carbonyl (C=O) groups is 1. The molecule has 160 valence electrons. The highest BCUT2D eigenvalue weighted by Gasteiger charge is 2.25. The summed E-state index contributed by atoms with van der Waals surface area (Å²) in [6, 6.07) is 17.2. The van der Waals surface area contributed by atoms with Crippen LogP contribution in [-0.4, -0.2) is 47.1 Å². The second-order valence-corrected chi connectivity index (χ2v) is 8.50. The first-order valence-corrected chi connectivity index (χ1v) is 11.1. The van der Waals surface area contributed by atoms with E-state index in [1.807, 2.05) is 68.4 Å². The SMILES string of the molecule is Cc1cc(C)nc(SCc2ccccc2C(=O)N(C)CC2COc3ccccc3O2)n1. The van der Waals surface area contributed by atoms with E-state index >= 15 is 0 Å². The third kappa shape index (κ3) is 5.17. The number of aromatic nitrogens is 2. The molecule has 1 atom stereocenters. The highest BCUT2D eigenvalue weighted by atomic mass is 32.2. The molecule has 1 aromatic heterocycles. The van der Waals surface area contributed by atoms with E-state index in [9.17, 15) is 4.79 Å². The molecular weight excluding hydrogens is 410 g/mol. The van der Waals surface area contributed by atoms with E-state index in [1.165, 1.54) is 11.8 Å². The van der Waals surface area contributed by atoms with Gasteiger partial charge in [0.05, 0.1) is 6.54 Å². The van der Waals surface area contributed by atoms with Gasteiger partial charge in [-0.25, -0.2) is 9.97 Å². The average molecular weight is 436 g/mol. The number of amides is 1. The number of likely N-dealkylation sites (N-methyl/N-ethyl adjacent to an activating group) is 1. The fraction of sp³-hybridized carbons (Fsp3) is 0.292. The molecule has 0 fully saturated rings. The van der Waals surface area contributed by atoms with E-state index in [2.05, 4.69) is 9.97 Å². The molecule has 0 spiro atoms. The third-order valence-corrected chi connectivity index (χ3v) is 5.85. The van der Waals surface area contributed by atoms with Crippen LogP contribution in [0.25, 0.3) is 0 Å². The monoisotopic (exact) mass is 435 g/mol. The van der Waals surface area contributed by atoms with Crippen LogP contribution in [0.3, 0.4) is 0 Å². The Morgan fingerprint density at radius 2 is 1.74 bits per heavy atom. The lowest BCUT2D eigenvalue weighted by Gasteiger charge is -2.30. The molecule has 1 amide bonds. The van der Waals surface area contributed by atoms with Crippen LogP contribution in [-0.2, 0) is 5.75 Å². The quantitative estimate of drug-likeness (QED) is 0.425. The Balaban J connectivity index is 1.42. The van der Waals surface area contributed by atoms with Gasteiger partial charge in [-0.15, -0.1) is 0 Å². The van der Waals surface area contributed by atoms with Crippen molar-refractivity contribution in [3.63, 3.8) is 0 Å². The standard InChI is InChI=1S/C24H25N3O3S/c1-16-12-17(2)26-24(25-16)31-15-18-8-4-5-9-20(18)23(28)27(3)13-19-14-29-21-10-6-7-11-22(21)30-19/h4-12,19H,13-15H2,1-3H3. The number of hydrogen-bond donors (Lipinski definition) is 0. The molecule has 1 aliphatic heterocycles. The maximum absolute atomic E-state index is 13.2. The zero-order valence-electron chi connectivity index (χ0n) is 17.9. The van der Waals surface area contributed by atoms with Gasteiger partial charge in [-0.2, -0.15) is 0 Å². The molecule has 0 radical (unpaired) electrons. The molecule has 0 N–H and O–H groups in total. The van der Waals surface area contributed by atoms with Crippen LogP contribution in [0.1, 0.15) is 27.3 Å². The summed E-state index contributed by atoms with van der Waals surface area (Å²) in [5, 5.41) is 0.722. The molecule has 1 aliphatic rings. The van der Waals surface area contributed by atoms with Gasteiger partial charge in [0, 0.05) is 29.8 Å². The fourth-order valence-electron chi connectivity index (χ4n) is 3.50. The van der Waals surface area contributed by atoms with Gasteiger partial charge in [0.1, 0.15) is 6.61 Å². The van der Waals surface area contributed by atoms with Crippen molar-refractivity contribution >= 4 is 17.7 Å². The largest absolute Gasteiger partial charge is 0.486 e. The maximum Gasteiger partial charge on any atom is 0.254 e. The molecule has 3 aromatic rings. The number of rotatable bonds is 6. The van der Waals surface area contributed by atoms with E-state index in [4.69, 9.17) is 9.47 Å². The zero-order valence-corrected chi connectivity index (χ0v) is 18.7. The molecule has 0 bridgehead atoms. The van der Waals surface area contributed by atoms with Crippen molar-refractivity contribution < 1.29 is 14.3 Å². The molecule has 2 heterocycles. The number of para-hydroxylation sites is 2. The first-order valence-electron chi connectivity index (χ1n) is 10.2. The summed E-state index contributed by atoms with van der Waals surface area (Å²) in [6.45, 7) is 4.77. The molecule has 6 nitrogen and oxygen atoms in total. The predicted molar refractivity (Wildman–Crippen MR) is 121 cm³/mol. The normalized spacial score (nSPS) is 14.9. The Kier molecular flexibility index (Phi) is 6.42. The summed E-state index contributed by atoms with van der Waals surface area (Å²) in [5.74, 6) is 2.03. The number of hydrogen-bond acceptors (Lipinski definition) is 6. The number of benzene rings is 2. The zero-order chi connectivity index (χ0) is 21.8. The predicted octanol–water partition coefficient (Wildman–Crippen LogP) is 4.30. The minimum atomic E-state index is -0.214. The van der Waals surface area contributed by atoms with Crippen LogP contribution in [0.2, 0.25) is 0 Å². The van der Waals surface area contributed by atoms with E-state index in [-0.39, 0.29) is 12.0 Å². The number of thioether (sulfide) groups is 1. The van der Waals surface area contributed by atoms with Gasteiger partial charge in [-0.1, -0.05) is 42.1 Å². The van der Waals surface area contributed by atoms with Crippen molar-refractivity contribution in [1.29, 1.82) is 0 Å². The van der Waals surface area contributed by atoms with Gasteiger partial charge in [0.15, 0.2) is 22.8 Å². The lowest BCUT2D eigenvalue weighted by atomic mass is 10.1. The summed E-state index contributed by atoms with van der Waals surface area (Å²) in [6.07, 6.45) is -0.214. The Labute approximate surface area is 186 Å². The molecule has 0 aliphatic carbocycles. The van der Waals surface area contributed by atoms with Crippen molar-refractivity contribution in [2.45, 2.75) is 30.9 Å². The fourth-order valence-corrected chi connectivity index (χ4v) is 4.46. The molecule has 0 saturated heterocycles. The number of aryl methyl sites for hydroxylation is 2. The average Bonchev–Trinajstić information content (AvgIpc) is 2.76. The molecular formula is C24H25N3O3S. The third-order valence-electron chi connectivity index (χ3n) is 4.96. The van der Waals surface area contributed by atoms with Gasteiger partial charge in [0.2, 0.25) is 0 Å². The van der Waals surface area contributed by atoms with Crippen molar-refractivity contribution in [2.75, 3.05) is 20.2 Å². The smallest absolute Gasteiger partial charge is 0.254 e.